The molecule has 0 fully saturated rings. The Morgan fingerprint density at radius 1 is 1.70 bits per heavy atom. The van der Waals surface area contributed by atoms with Crippen LogP contribution >= 0.6 is 0 Å². The van der Waals surface area contributed by atoms with E-state index in [9.17, 15) is 4.79 Å². The van der Waals surface area contributed by atoms with E-state index in [4.69, 9.17) is 27.5 Å². The van der Waals surface area contributed by atoms with Crippen molar-refractivity contribution in [1.29, 1.82) is 0 Å². The molecule has 0 aromatic rings. The van der Waals surface area contributed by atoms with E-state index < -0.39 is 37.6 Å². The molecule has 0 radical (unpaired) electrons. The summed E-state index contributed by atoms with van der Waals surface area (Å²) in [5, 5.41) is 8.57. The Bertz CT molecular complexity index is 339. The van der Waals surface area contributed by atoms with Gasteiger partial charge in [-0.05, 0) is 19.2 Å². The van der Waals surface area contributed by atoms with Crippen LogP contribution in [0.5, 0.6) is 0 Å². The van der Waals surface area contributed by atoms with E-state index in [2.05, 4.69) is 0 Å². The Balaban J connectivity index is 5.71. The average Bonchev–Trinajstić information content (AvgIpc) is 2.13. The fraction of sp³-hybridized carbons (Fsp3) is 0.833. The molecule has 1 atom stereocenters. The third-order valence-electron chi connectivity index (χ3n) is 0.628. The highest BCUT2D eigenvalue weighted by atomic mass is 16.4. The molecule has 0 aromatic carbocycles. The van der Waals surface area contributed by atoms with Crippen molar-refractivity contribution < 1.29 is 20.9 Å². The second-order valence-corrected chi connectivity index (χ2v) is 1.35. The zero-order chi connectivity index (χ0) is 15.2. The normalized spacial score (nSPS) is 30.6. The van der Waals surface area contributed by atoms with Crippen molar-refractivity contribution in [3.05, 3.63) is 0 Å². The molecule has 4 heteroatoms. The zero-order valence-corrected chi connectivity index (χ0v) is 5.09. The summed E-state index contributed by atoms with van der Waals surface area (Å²) in [5.41, 5.74) is 9.81. The number of aliphatic carboxylic acids is 1. The van der Waals surface area contributed by atoms with E-state index in [0.29, 0.717) is 0 Å². The molecule has 60 valence electrons. The van der Waals surface area contributed by atoms with Crippen molar-refractivity contribution in [3.8, 4) is 0 Å². The van der Waals surface area contributed by atoms with Gasteiger partial charge in [-0.3, -0.25) is 4.79 Å². The first-order chi connectivity index (χ1) is 7.60. The van der Waals surface area contributed by atoms with Crippen LogP contribution in [-0.4, -0.2) is 23.6 Å². The van der Waals surface area contributed by atoms with Gasteiger partial charge >= 0.3 is 5.97 Å². The van der Waals surface area contributed by atoms with Gasteiger partial charge in [0, 0.05) is 11.0 Å². The van der Waals surface area contributed by atoms with E-state index in [0.717, 1.165) is 0 Å². The first-order valence-electron chi connectivity index (χ1n) is 6.38. The van der Waals surface area contributed by atoms with E-state index in [1.165, 1.54) is 0 Å². The Labute approximate surface area is 71.4 Å². The van der Waals surface area contributed by atoms with Gasteiger partial charge in [0.1, 0.15) is 6.04 Å². The van der Waals surface area contributed by atoms with Gasteiger partial charge in [-0.1, -0.05) is 6.37 Å². The van der Waals surface area contributed by atoms with Crippen molar-refractivity contribution >= 4 is 5.97 Å². The number of carboxylic acid groups (broad SMARTS) is 1. The van der Waals surface area contributed by atoms with Gasteiger partial charge in [-0.2, -0.15) is 0 Å². The lowest BCUT2D eigenvalue weighted by atomic mass is 10.1. The van der Waals surface area contributed by atoms with Crippen LogP contribution in [0.3, 0.4) is 0 Å². The molecule has 5 N–H and O–H groups in total. The van der Waals surface area contributed by atoms with Gasteiger partial charge in [0.2, 0.25) is 0 Å². The summed E-state index contributed by atoms with van der Waals surface area (Å²) in [6.07, 6.45) is -10.4. The van der Waals surface area contributed by atoms with Gasteiger partial charge < -0.3 is 16.6 Å². The lowest BCUT2D eigenvalue weighted by Crippen LogP contribution is -2.29. The standard InChI is InChI=1S/C6H14N2O2/c7-4-2-1-3-5(8)6(9)10/h5H,1-4,7-8H2,(H,9,10)/t5-/m1/s1/i1D2,2D2,3D2,4D2. The Morgan fingerprint density at radius 3 is 2.70 bits per heavy atom. The maximum Gasteiger partial charge on any atom is 0.320 e. The Kier molecular flexibility index (Phi) is 1.28. The molecule has 0 aliphatic rings. The lowest BCUT2D eigenvalue weighted by molar-refractivity contribution is -0.138. The van der Waals surface area contributed by atoms with E-state index in [-0.39, 0.29) is 0 Å². The van der Waals surface area contributed by atoms with Crippen LogP contribution in [0, 0.1) is 0 Å². The van der Waals surface area contributed by atoms with Crippen LogP contribution in [0.15, 0.2) is 0 Å². The summed E-state index contributed by atoms with van der Waals surface area (Å²) in [7, 11) is 0. The van der Waals surface area contributed by atoms with Crippen molar-refractivity contribution in [2.45, 2.75) is 25.2 Å². The molecule has 0 rings (SSSR count). The zero-order valence-electron chi connectivity index (χ0n) is 13.1. The summed E-state index contributed by atoms with van der Waals surface area (Å²) in [6, 6.07) is -2.37. The van der Waals surface area contributed by atoms with E-state index >= 15 is 0 Å². The second kappa shape index (κ2) is 5.20. The van der Waals surface area contributed by atoms with Gasteiger partial charge in [0.15, 0.2) is 0 Å². The Hall–Kier alpha value is -0.610. The first-order valence-corrected chi connectivity index (χ1v) is 2.38. The molecule has 10 heavy (non-hydrogen) atoms. The lowest BCUT2D eigenvalue weighted by Gasteiger charge is -2.03. The molecule has 0 spiro atoms. The minimum Gasteiger partial charge on any atom is -0.480 e. The summed E-state index contributed by atoms with van der Waals surface area (Å²) in [5.74, 6) is -1.88. The maximum atomic E-state index is 10.6. The molecule has 0 bridgehead atoms. The molecule has 0 unspecified atom stereocenters. The van der Waals surface area contributed by atoms with Crippen LogP contribution in [0.25, 0.3) is 0 Å². The second-order valence-electron chi connectivity index (χ2n) is 1.35. The van der Waals surface area contributed by atoms with Crippen LogP contribution in [0.4, 0.5) is 0 Å². The number of hydrogen-bond acceptors (Lipinski definition) is 3. The molecule has 0 aliphatic heterocycles. The van der Waals surface area contributed by atoms with Crippen LogP contribution in [-0.2, 0) is 4.79 Å². The van der Waals surface area contributed by atoms with Crippen molar-refractivity contribution in [2.24, 2.45) is 11.5 Å². The quantitative estimate of drug-likeness (QED) is 0.499. The van der Waals surface area contributed by atoms with Gasteiger partial charge in [0.25, 0.3) is 0 Å². The number of hydrogen-bond donors (Lipinski definition) is 3. The predicted octanol–water partition coefficient (Wildman–Crippen LogP) is -0.473. The molecule has 0 saturated heterocycles. The summed E-state index contributed by atoms with van der Waals surface area (Å²) in [4.78, 5) is 10.6. The van der Waals surface area contributed by atoms with Gasteiger partial charge in [-0.25, -0.2) is 0 Å². The molecule has 0 aromatic heterocycles. The first kappa shape index (κ1) is 2.46. The van der Waals surface area contributed by atoms with E-state index in [1.54, 1.807) is 0 Å². The van der Waals surface area contributed by atoms with Gasteiger partial charge in [0.05, 0.1) is 0 Å². The molecular formula is C6H14N2O2. The SMILES string of the molecule is [2H]C([2H])(N)C([2H])([2H])C([2H])([2H])C([2H])([2H])[C@@H](N)C(=O)O. The number of carbonyl (C=O) groups is 1. The topological polar surface area (TPSA) is 89.3 Å². The van der Waals surface area contributed by atoms with Crippen LogP contribution in [0.1, 0.15) is 30.1 Å². The monoisotopic (exact) mass is 154 g/mol. The Morgan fingerprint density at radius 2 is 2.30 bits per heavy atom. The average molecular weight is 154 g/mol. The van der Waals surface area contributed by atoms with Gasteiger partial charge in [-0.15, -0.1) is 0 Å². The van der Waals surface area contributed by atoms with Crippen LogP contribution < -0.4 is 11.5 Å². The van der Waals surface area contributed by atoms with Crippen molar-refractivity contribution in [2.75, 3.05) is 6.50 Å². The smallest absolute Gasteiger partial charge is 0.320 e. The molecule has 0 aliphatic carbocycles. The van der Waals surface area contributed by atoms with Crippen molar-refractivity contribution in [1.82, 2.24) is 0 Å². The third kappa shape index (κ3) is 4.29. The fourth-order valence-corrected chi connectivity index (χ4v) is 0.212. The molecule has 0 saturated carbocycles. The molecule has 0 heterocycles. The maximum absolute atomic E-state index is 10.6. The molecular weight excluding hydrogens is 132 g/mol. The summed E-state index contributed by atoms with van der Waals surface area (Å²) >= 11 is 0. The number of carboxylic acids is 1. The summed E-state index contributed by atoms with van der Waals surface area (Å²) in [6.45, 7) is -3.22. The summed E-state index contributed by atoms with van der Waals surface area (Å²) < 4.78 is 57.9. The molecule has 4 nitrogen and oxygen atoms in total. The van der Waals surface area contributed by atoms with E-state index in [1.807, 2.05) is 0 Å². The van der Waals surface area contributed by atoms with Crippen molar-refractivity contribution in [3.63, 3.8) is 0 Å². The fourth-order valence-electron chi connectivity index (χ4n) is 0.212. The highest BCUT2D eigenvalue weighted by Gasteiger charge is 2.09. The number of rotatable bonds is 5. The minimum atomic E-state index is -3.56. The highest BCUT2D eigenvalue weighted by molar-refractivity contribution is 5.72. The number of nitrogens with two attached hydrogens (primary N) is 2. The third-order valence-corrected chi connectivity index (χ3v) is 0.628. The minimum absolute atomic E-state index is 1.88. The predicted molar refractivity (Wildman–Crippen MR) is 38.5 cm³/mol. The largest absolute Gasteiger partial charge is 0.480 e. The highest BCUT2D eigenvalue weighted by Crippen LogP contribution is 1.96. The van der Waals surface area contributed by atoms with Crippen LogP contribution in [0.2, 0.25) is 0 Å². The molecule has 0 amide bonds.